The van der Waals surface area contributed by atoms with Crippen molar-refractivity contribution in [2.45, 2.75) is 23.4 Å². The Bertz CT molecular complexity index is 3280. The summed E-state index contributed by atoms with van der Waals surface area (Å²) in [5.41, 5.74) is 6.98. The summed E-state index contributed by atoms with van der Waals surface area (Å²) in [6, 6.07) is 49.2. The largest absolute Gasteiger partial charge is 0.342 e. The van der Waals surface area contributed by atoms with Crippen molar-refractivity contribution in [2.24, 2.45) is 10.2 Å². The van der Waals surface area contributed by atoms with E-state index in [0.717, 1.165) is 44.1 Å². The Labute approximate surface area is 396 Å². The first-order chi connectivity index (χ1) is 33.4. The van der Waals surface area contributed by atoms with Crippen LogP contribution in [0.15, 0.2) is 191 Å². The third-order valence-electron chi connectivity index (χ3n) is 11.0. The van der Waals surface area contributed by atoms with Crippen LogP contribution in [0.2, 0.25) is 0 Å². The number of rotatable bonds is 17. The molecule has 4 aromatic heterocycles. The fourth-order valence-electron chi connectivity index (χ4n) is 7.88. The summed E-state index contributed by atoms with van der Waals surface area (Å²) in [7, 11) is 0. The van der Waals surface area contributed by atoms with E-state index in [1.54, 1.807) is 46.0 Å². The second kappa shape index (κ2) is 19.5. The van der Waals surface area contributed by atoms with E-state index in [4.69, 9.17) is 10.2 Å². The van der Waals surface area contributed by atoms with Crippen molar-refractivity contribution < 1.29 is 9.85 Å². The molecule has 68 heavy (non-hydrogen) atoms. The SMILES string of the molecule is O=[N+]([O-])c1cccc(/C=N/n2c(SCCSc3nnc(-c4cn(Cc5ccccc5)c5ccccc45)n3/N=C/c3cccc([N+](=O)[O-])c3)nnc2-c2cn(Cc3ccccc3)c3ccccc23)c1. The van der Waals surface area contributed by atoms with Crippen LogP contribution < -0.4 is 0 Å². The number of nitro groups is 2. The zero-order valence-corrected chi connectivity index (χ0v) is 37.6. The van der Waals surface area contributed by atoms with Crippen LogP contribution in [0.25, 0.3) is 44.6 Å². The van der Waals surface area contributed by atoms with Crippen LogP contribution in [0.1, 0.15) is 22.3 Å². The number of hydrogen-bond acceptors (Lipinski definition) is 12. The van der Waals surface area contributed by atoms with E-state index in [1.165, 1.54) is 47.8 Å². The van der Waals surface area contributed by atoms with E-state index < -0.39 is 9.85 Å². The average molecular weight is 935 g/mol. The van der Waals surface area contributed by atoms with Gasteiger partial charge in [-0.2, -0.15) is 19.6 Å². The van der Waals surface area contributed by atoms with Crippen molar-refractivity contribution in [3.63, 3.8) is 0 Å². The number of nitrogens with zero attached hydrogens (tertiary/aromatic N) is 12. The van der Waals surface area contributed by atoms with Gasteiger partial charge in [0, 0.05) is 105 Å². The Morgan fingerprint density at radius 2 is 0.912 bits per heavy atom. The standard InChI is InChI=1S/C50H38N12O4S2/c63-61(64)39-19-11-17-37(27-39)29-51-59-47(43-33-57(31-35-13-3-1-4-14-35)45-23-9-7-21-41(43)45)53-55-49(59)67-25-26-68-50-56-54-48(60(50)52-30-38-18-12-20-40(28-38)62(65)66)44-34-58(32-36-15-5-2-6-16-36)46-24-10-8-22-42(44)46/h1-24,27-30,33-34H,25-26,31-32H2/b51-29+,52-30+. The maximum atomic E-state index is 11.6. The predicted molar refractivity (Wildman–Crippen MR) is 267 cm³/mol. The molecule has 0 saturated heterocycles. The first kappa shape index (κ1) is 43.4. The van der Waals surface area contributed by atoms with Crippen LogP contribution in [-0.2, 0) is 13.1 Å². The first-order valence-electron chi connectivity index (χ1n) is 21.3. The van der Waals surface area contributed by atoms with Crippen molar-refractivity contribution in [1.82, 2.24) is 38.9 Å². The quantitative estimate of drug-likeness (QED) is 0.0280. The molecule has 0 atom stereocenters. The van der Waals surface area contributed by atoms with Gasteiger partial charge < -0.3 is 9.13 Å². The van der Waals surface area contributed by atoms with Crippen LogP contribution in [0.4, 0.5) is 11.4 Å². The molecule has 10 rings (SSSR count). The van der Waals surface area contributed by atoms with E-state index in [2.05, 4.69) is 78.3 Å². The molecule has 0 radical (unpaired) electrons. The molecule has 4 heterocycles. The molecule has 0 unspecified atom stereocenters. The summed E-state index contributed by atoms with van der Waals surface area (Å²) in [6.07, 6.45) is 7.26. The summed E-state index contributed by atoms with van der Waals surface area (Å²) in [4.78, 5) is 22.4. The molecule has 0 amide bonds. The van der Waals surface area contributed by atoms with Crippen LogP contribution in [0.3, 0.4) is 0 Å². The maximum Gasteiger partial charge on any atom is 0.270 e. The van der Waals surface area contributed by atoms with Crippen molar-refractivity contribution >= 4 is 69.1 Å². The predicted octanol–water partition coefficient (Wildman–Crippen LogP) is 10.7. The Kier molecular flexibility index (Phi) is 12.5. The van der Waals surface area contributed by atoms with Crippen LogP contribution in [0.5, 0.6) is 0 Å². The minimum absolute atomic E-state index is 0.0445. The third kappa shape index (κ3) is 9.31. The lowest BCUT2D eigenvalue weighted by molar-refractivity contribution is -0.385. The van der Waals surface area contributed by atoms with Gasteiger partial charge in [0.25, 0.3) is 11.4 Å². The van der Waals surface area contributed by atoms with Crippen molar-refractivity contribution in [3.05, 3.63) is 213 Å². The summed E-state index contributed by atoms with van der Waals surface area (Å²) < 4.78 is 7.72. The molecule has 0 N–H and O–H groups in total. The van der Waals surface area contributed by atoms with E-state index in [1.807, 2.05) is 72.8 Å². The third-order valence-corrected chi connectivity index (χ3v) is 13.1. The van der Waals surface area contributed by atoms with Crippen LogP contribution >= 0.6 is 23.5 Å². The van der Waals surface area contributed by atoms with E-state index in [9.17, 15) is 20.2 Å². The van der Waals surface area contributed by atoms with Gasteiger partial charge in [-0.1, -0.05) is 145 Å². The first-order valence-corrected chi connectivity index (χ1v) is 23.3. The molecule has 6 aromatic carbocycles. The van der Waals surface area contributed by atoms with Crippen molar-refractivity contribution in [2.75, 3.05) is 11.5 Å². The number of non-ortho nitro benzene ring substituents is 2. The zero-order valence-electron chi connectivity index (χ0n) is 36.0. The number of thioether (sulfide) groups is 2. The molecule has 334 valence electrons. The number of hydrogen-bond donors (Lipinski definition) is 0. The summed E-state index contributed by atoms with van der Waals surface area (Å²) >= 11 is 2.89. The van der Waals surface area contributed by atoms with Crippen molar-refractivity contribution in [1.29, 1.82) is 0 Å². The highest BCUT2D eigenvalue weighted by Crippen LogP contribution is 2.35. The minimum atomic E-state index is -0.435. The molecule has 0 bridgehead atoms. The van der Waals surface area contributed by atoms with Gasteiger partial charge in [0.05, 0.1) is 22.3 Å². The molecule has 18 heteroatoms. The smallest absolute Gasteiger partial charge is 0.270 e. The summed E-state index contributed by atoms with van der Waals surface area (Å²) in [5.74, 6) is 2.10. The number of fused-ring (bicyclic) bond motifs is 2. The molecule has 16 nitrogen and oxygen atoms in total. The monoisotopic (exact) mass is 934 g/mol. The van der Waals surface area contributed by atoms with Gasteiger partial charge in [0.1, 0.15) is 0 Å². The molecule has 0 fully saturated rings. The molecule has 0 aliphatic heterocycles. The lowest BCUT2D eigenvalue weighted by Crippen LogP contribution is -2.00. The van der Waals surface area contributed by atoms with Gasteiger partial charge in [-0.15, -0.1) is 20.4 Å². The zero-order chi connectivity index (χ0) is 46.4. The Balaban J connectivity index is 0.969. The lowest BCUT2D eigenvalue weighted by Gasteiger charge is -2.06. The highest BCUT2D eigenvalue weighted by atomic mass is 32.2. The Morgan fingerprint density at radius 3 is 1.34 bits per heavy atom. The summed E-state index contributed by atoms with van der Waals surface area (Å²) in [5, 5.41) is 54.5. The van der Waals surface area contributed by atoms with E-state index in [0.29, 0.717) is 57.7 Å². The molecular weight excluding hydrogens is 897 g/mol. The Morgan fingerprint density at radius 1 is 0.500 bits per heavy atom. The van der Waals surface area contributed by atoms with Crippen molar-refractivity contribution in [3.8, 4) is 22.8 Å². The minimum Gasteiger partial charge on any atom is -0.342 e. The van der Waals surface area contributed by atoms with Gasteiger partial charge >= 0.3 is 0 Å². The number of benzene rings is 6. The number of nitro benzene ring substituents is 2. The van der Waals surface area contributed by atoms with Crippen LogP contribution in [0, 0.1) is 20.2 Å². The molecular formula is C50H38N12O4S2. The molecule has 10 aromatic rings. The fraction of sp³-hybridized carbons (Fsp3) is 0.0800. The Hall–Kier alpha value is -8.48. The van der Waals surface area contributed by atoms with Gasteiger partial charge in [-0.3, -0.25) is 20.2 Å². The maximum absolute atomic E-state index is 11.6. The second-order valence-electron chi connectivity index (χ2n) is 15.5. The highest BCUT2D eigenvalue weighted by molar-refractivity contribution is 8.02. The average Bonchev–Trinajstić information content (AvgIpc) is 4.15. The highest BCUT2D eigenvalue weighted by Gasteiger charge is 2.22. The van der Waals surface area contributed by atoms with Gasteiger partial charge in [-0.25, -0.2) is 0 Å². The second-order valence-corrected chi connectivity index (χ2v) is 17.6. The van der Waals surface area contributed by atoms with E-state index in [-0.39, 0.29) is 11.4 Å². The molecule has 0 aliphatic rings. The number of para-hydroxylation sites is 2. The fourth-order valence-corrected chi connectivity index (χ4v) is 9.62. The molecule has 0 spiro atoms. The number of aromatic nitrogens is 8. The van der Waals surface area contributed by atoms with E-state index >= 15 is 0 Å². The van der Waals surface area contributed by atoms with Gasteiger partial charge in [-0.05, 0) is 23.3 Å². The molecule has 0 aliphatic carbocycles. The van der Waals surface area contributed by atoms with Gasteiger partial charge in [0.2, 0.25) is 10.3 Å². The topological polar surface area (TPSA) is 182 Å². The van der Waals surface area contributed by atoms with Gasteiger partial charge in [0.15, 0.2) is 11.6 Å². The van der Waals surface area contributed by atoms with Crippen LogP contribution in [-0.4, -0.2) is 72.7 Å². The normalized spacial score (nSPS) is 11.7. The molecule has 0 saturated carbocycles. The summed E-state index contributed by atoms with van der Waals surface area (Å²) in [6.45, 7) is 1.28. The lowest BCUT2D eigenvalue weighted by atomic mass is 10.1.